The van der Waals surface area contributed by atoms with Gasteiger partial charge >= 0.3 is 5.97 Å². The Morgan fingerprint density at radius 2 is 1.76 bits per heavy atom. The lowest BCUT2D eigenvalue weighted by Crippen LogP contribution is -2.19. The summed E-state index contributed by atoms with van der Waals surface area (Å²) in [5.74, 6) is -1.32. The van der Waals surface area contributed by atoms with Gasteiger partial charge in [-0.1, -0.05) is 24.3 Å². The number of halogens is 1. The molecular weight excluding hydrogens is 275 g/mol. The summed E-state index contributed by atoms with van der Waals surface area (Å²) in [6.45, 7) is -0.0681. The molecule has 2 rings (SSSR count). The SMILES string of the molecule is COc1ccccc1OCC(C(=O)O)c1ccc(F)cc1. The first-order valence-corrected chi connectivity index (χ1v) is 6.36. The van der Waals surface area contributed by atoms with Gasteiger partial charge in [0.15, 0.2) is 11.5 Å². The third-order valence-corrected chi connectivity index (χ3v) is 3.05. The second kappa shape index (κ2) is 6.74. The zero-order valence-electron chi connectivity index (χ0n) is 11.5. The molecule has 1 N–H and O–H groups in total. The van der Waals surface area contributed by atoms with Crippen LogP contribution in [0.1, 0.15) is 11.5 Å². The highest BCUT2D eigenvalue weighted by atomic mass is 19.1. The number of hydrogen-bond acceptors (Lipinski definition) is 3. The lowest BCUT2D eigenvalue weighted by atomic mass is 10.0. The van der Waals surface area contributed by atoms with E-state index in [4.69, 9.17) is 9.47 Å². The maximum absolute atomic E-state index is 12.9. The lowest BCUT2D eigenvalue weighted by molar-refractivity contribution is -0.139. The molecule has 0 spiro atoms. The Bertz CT molecular complexity index is 610. The molecule has 0 bridgehead atoms. The molecule has 21 heavy (non-hydrogen) atoms. The number of benzene rings is 2. The molecule has 110 valence electrons. The first-order chi connectivity index (χ1) is 10.1. The van der Waals surface area contributed by atoms with Gasteiger partial charge in [0.25, 0.3) is 0 Å². The molecular formula is C16H15FO4. The van der Waals surface area contributed by atoms with E-state index in [1.807, 2.05) is 0 Å². The first-order valence-electron chi connectivity index (χ1n) is 6.36. The van der Waals surface area contributed by atoms with Crippen LogP contribution in [0.2, 0.25) is 0 Å². The maximum Gasteiger partial charge on any atom is 0.314 e. The topological polar surface area (TPSA) is 55.8 Å². The van der Waals surface area contributed by atoms with Gasteiger partial charge in [0, 0.05) is 0 Å². The minimum Gasteiger partial charge on any atom is -0.493 e. The zero-order chi connectivity index (χ0) is 15.2. The van der Waals surface area contributed by atoms with Crippen LogP contribution in [-0.2, 0) is 4.79 Å². The third-order valence-electron chi connectivity index (χ3n) is 3.05. The molecule has 0 aliphatic rings. The fraction of sp³-hybridized carbons (Fsp3) is 0.188. The normalized spacial score (nSPS) is 11.7. The second-order valence-electron chi connectivity index (χ2n) is 4.40. The second-order valence-corrected chi connectivity index (χ2v) is 4.40. The van der Waals surface area contributed by atoms with Gasteiger partial charge in [-0.05, 0) is 29.8 Å². The van der Waals surface area contributed by atoms with E-state index in [9.17, 15) is 14.3 Å². The summed E-state index contributed by atoms with van der Waals surface area (Å²) in [4.78, 5) is 11.4. The molecule has 0 radical (unpaired) electrons. The maximum atomic E-state index is 12.9. The minimum atomic E-state index is -1.03. The van der Waals surface area contributed by atoms with E-state index in [1.165, 1.54) is 31.4 Å². The summed E-state index contributed by atoms with van der Waals surface area (Å²) in [5, 5.41) is 9.30. The van der Waals surface area contributed by atoms with Gasteiger partial charge in [-0.15, -0.1) is 0 Å². The largest absolute Gasteiger partial charge is 0.493 e. The van der Waals surface area contributed by atoms with Crippen LogP contribution in [-0.4, -0.2) is 24.8 Å². The Morgan fingerprint density at radius 3 is 2.33 bits per heavy atom. The van der Waals surface area contributed by atoms with Gasteiger partial charge in [0.1, 0.15) is 18.3 Å². The van der Waals surface area contributed by atoms with Crippen molar-refractivity contribution in [1.82, 2.24) is 0 Å². The molecule has 0 aromatic heterocycles. The van der Waals surface area contributed by atoms with Crippen LogP contribution in [0.5, 0.6) is 11.5 Å². The van der Waals surface area contributed by atoms with E-state index >= 15 is 0 Å². The van der Waals surface area contributed by atoms with Gasteiger partial charge < -0.3 is 14.6 Å². The number of para-hydroxylation sites is 2. The first kappa shape index (κ1) is 14.8. The number of carboxylic acids is 1. The highest BCUT2D eigenvalue weighted by Crippen LogP contribution is 2.27. The number of aliphatic carboxylic acids is 1. The van der Waals surface area contributed by atoms with E-state index in [1.54, 1.807) is 24.3 Å². The number of hydrogen-bond donors (Lipinski definition) is 1. The predicted octanol–water partition coefficient (Wildman–Crippen LogP) is 3.08. The average Bonchev–Trinajstić information content (AvgIpc) is 2.49. The Hall–Kier alpha value is -2.56. The lowest BCUT2D eigenvalue weighted by Gasteiger charge is -2.15. The monoisotopic (exact) mass is 290 g/mol. The minimum absolute atomic E-state index is 0.0681. The Balaban J connectivity index is 2.14. The predicted molar refractivity (Wildman–Crippen MR) is 75.3 cm³/mol. The standard InChI is InChI=1S/C16H15FO4/c1-20-14-4-2-3-5-15(14)21-10-13(16(18)19)11-6-8-12(17)9-7-11/h2-9,13H,10H2,1H3,(H,18,19). The molecule has 2 aromatic carbocycles. The quantitative estimate of drug-likeness (QED) is 0.888. The van der Waals surface area contributed by atoms with Crippen LogP contribution in [0.15, 0.2) is 48.5 Å². The van der Waals surface area contributed by atoms with Gasteiger partial charge in [-0.25, -0.2) is 4.39 Å². The van der Waals surface area contributed by atoms with E-state index in [2.05, 4.69) is 0 Å². The van der Waals surface area contributed by atoms with E-state index in [0.29, 0.717) is 17.1 Å². The van der Waals surface area contributed by atoms with Crippen LogP contribution in [0.3, 0.4) is 0 Å². The van der Waals surface area contributed by atoms with Crippen LogP contribution in [0.4, 0.5) is 4.39 Å². The highest BCUT2D eigenvalue weighted by molar-refractivity contribution is 5.76. The third kappa shape index (κ3) is 3.72. The van der Waals surface area contributed by atoms with E-state index in [0.717, 1.165) is 0 Å². The van der Waals surface area contributed by atoms with Gasteiger partial charge in [0.05, 0.1) is 7.11 Å². The number of carboxylic acid groups (broad SMARTS) is 1. The molecule has 0 amide bonds. The van der Waals surface area contributed by atoms with Crippen molar-refractivity contribution >= 4 is 5.97 Å². The molecule has 5 heteroatoms. The van der Waals surface area contributed by atoms with Gasteiger partial charge in [-0.2, -0.15) is 0 Å². The zero-order valence-corrected chi connectivity index (χ0v) is 11.5. The fourth-order valence-electron chi connectivity index (χ4n) is 1.92. The van der Waals surface area contributed by atoms with Crippen molar-refractivity contribution in [1.29, 1.82) is 0 Å². The van der Waals surface area contributed by atoms with E-state index in [-0.39, 0.29) is 6.61 Å². The van der Waals surface area contributed by atoms with Crippen molar-refractivity contribution in [2.24, 2.45) is 0 Å². The summed E-state index contributed by atoms with van der Waals surface area (Å²) in [6.07, 6.45) is 0. The molecule has 0 fully saturated rings. The van der Waals surface area contributed by atoms with Crippen molar-refractivity contribution in [3.05, 3.63) is 59.9 Å². The summed E-state index contributed by atoms with van der Waals surface area (Å²) >= 11 is 0. The summed E-state index contributed by atoms with van der Waals surface area (Å²) in [5.41, 5.74) is 0.485. The molecule has 1 atom stereocenters. The summed E-state index contributed by atoms with van der Waals surface area (Å²) < 4.78 is 23.6. The van der Waals surface area contributed by atoms with E-state index < -0.39 is 17.7 Å². The average molecular weight is 290 g/mol. The number of ether oxygens (including phenoxy) is 2. The van der Waals surface area contributed by atoms with Crippen molar-refractivity contribution in [3.8, 4) is 11.5 Å². The molecule has 0 saturated carbocycles. The van der Waals surface area contributed by atoms with Crippen molar-refractivity contribution in [2.45, 2.75) is 5.92 Å². The van der Waals surface area contributed by atoms with Gasteiger partial charge in [0.2, 0.25) is 0 Å². The number of rotatable bonds is 6. The summed E-state index contributed by atoms with van der Waals surface area (Å²) in [6, 6.07) is 12.3. The molecule has 1 unspecified atom stereocenters. The van der Waals surface area contributed by atoms with Crippen molar-refractivity contribution in [3.63, 3.8) is 0 Å². The van der Waals surface area contributed by atoms with Crippen molar-refractivity contribution < 1.29 is 23.8 Å². The number of carbonyl (C=O) groups is 1. The molecule has 0 saturated heterocycles. The van der Waals surface area contributed by atoms with Crippen LogP contribution >= 0.6 is 0 Å². The van der Waals surface area contributed by atoms with Crippen molar-refractivity contribution in [2.75, 3.05) is 13.7 Å². The Kier molecular flexibility index (Phi) is 4.77. The molecule has 0 heterocycles. The smallest absolute Gasteiger partial charge is 0.314 e. The molecule has 4 nitrogen and oxygen atoms in total. The van der Waals surface area contributed by atoms with Gasteiger partial charge in [-0.3, -0.25) is 4.79 Å². The van der Waals surface area contributed by atoms with Crippen LogP contribution in [0.25, 0.3) is 0 Å². The van der Waals surface area contributed by atoms with Crippen LogP contribution < -0.4 is 9.47 Å². The molecule has 2 aromatic rings. The summed E-state index contributed by atoms with van der Waals surface area (Å²) in [7, 11) is 1.51. The number of methoxy groups -OCH3 is 1. The van der Waals surface area contributed by atoms with Crippen LogP contribution in [0, 0.1) is 5.82 Å². The Labute approximate surface area is 121 Å². The Morgan fingerprint density at radius 1 is 1.14 bits per heavy atom. The highest BCUT2D eigenvalue weighted by Gasteiger charge is 2.21. The molecule has 0 aliphatic heterocycles. The fourth-order valence-corrected chi connectivity index (χ4v) is 1.92. The molecule has 0 aliphatic carbocycles.